The van der Waals surface area contributed by atoms with E-state index in [9.17, 15) is 24.3 Å². The monoisotopic (exact) mass is 434 g/mol. The third kappa shape index (κ3) is 3.95. The molecule has 0 bridgehead atoms. The summed E-state index contributed by atoms with van der Waals surface area (Å²) in [4.78, 5) is 50.5. The highest BCUT2D eigenvalue weighted by molar-refractivity contribution is 6.11. The minimum Gasteiger partial charge on any atom is -0.550 e. The summed E-state index contributed by atoms with van der Waals surface area (Å²) in [6.07, 6.45) is -0.224. The lowest BCUT2D eigenvalue weighted by Gasteiger charge is -2.25. The summed E-state index contributed by atoms with van der Waals surface area (Å²) in [5.74, 6) is -2.45. The van der Waals surface area contributed by atoms with Crippen LogP contribution in [0.25, 0.3) is 11.1 Å². The number of aryl methyl sites for hydroxylation is 1. The first-order valence-electron chi connectivity index (χ1n) is 10.6. The van der Waals surface area contributed by atoms with Crippen LogP contribution in [-0.4, -0.2) is 47.2 Å². The van der Waals surface area contributed by atoms with Crippen molar-refractivity contribution in [2.45, 2.75) is 45.2 Å². The first-order valence-corrected chi connectivity index (χ1v) is 10.6. The highest BCUT2D eigenvalue weighted by Gasteiger charge is 2.45. The molecular weight excluding hydrogens is 410 g/mol. The lowest BCUT2D eigenvalue weighted by Crippen LogP contribution is -2.51. The zero-order chi connectivity index (χ0) is 23.0. The highest BCUT2D eigenvalue weighted by Crippen LogP contribution is 2.33. The molecule has 2 heterocycles. The molecular formula is C24H24N3O5-. The molecule has 0 unspecified atom stereocenters. The van der Waals surface area contributed by atoms with Crippen molar-refractivity contribution < 1.29 is 24.3 Å². The van der Waals surface area contributed by atoms with Crippen LogP contribution in [0.1, 0.15) is 40.7 Å². The van der Waals surface area contributed by atoms with Crippen LogP contribution in [0.4, 0.5) is 5.69 Å². The molecule has 2 aliphatic rings. The number of anilines is 1. The summed E-state index contributed by atoms with van der Waals surface area (Å²) in [6.45, 7) is 4.38. The largest absolute Gasteiger partial charge is 0.550 e. The molecule has 2 aromatic rings. The van der Waals surface area contributed by atoms with Crippen LogP contribution in [0.3, 0.4) is 0 Å². The standard InChI is InChI=1S/C24H25N3O5/c1-13-4-3-5-16(14(13)2)15-6-7-18-17(12-15)24(32)27-11-10-19(22(27)23(31)26-18)25-20(28)8-9-21(29)30/h3-7,12,19,22H,8-11H2,1-2H3,(H,25,28)(H,26,31)(H,29,30)/p-1/t19-,22-/m0/s1. The summed E-state index contributed by atoms with van der Waals surface area (Å²) in [5.41, 5.74) is 5.02. The van der Waals surface area contributed by atoms with Crippen molar-refractivity contribution in [3.05, 3.63) is 53.1 Å². The van der Waals surface area contributed by atoms with Gasteiger partial charge in [0.15, 0.2) is 0 Å². The molecule has 166 valence electrons. The van der Waals surface area contributed by atoms with Gasteiger partial charge in [-0.05, 0) is 61.1 Å². The maximum absolute atomic E-state index is 13.4. The van der Waals surface area contributed by atoms with Crippen LogP contribution in [0.5, 0.6) is 0 Å². The number of aliphatic carboxylic acids is 1. The van der Waals surface area contributed by atoms with Crippen LogP contribution in [0.2, 0.25) is 0 Å². The molecule has 1 saturated heterocycles. The summed E-state index contributed by atoms with van der Waals surface area (Å²) >= 11 is 0. The van der Waals surface area contributed by atoms with E-state index >= 15 is 0 Å². The minimum atomic E-state index is -1.31. The third-order valence-corrected chi connectivity index (χ3v) is 6.25. The second kappa shape index (κ2) is 8.45. The maximum atomic E-state index is 13.4. The molecule has 1 fully saturated rings. The average Bonchev–Trinajstić information content (AvgIpc) is 3.13. The molecule has 0 radical (unpaired) electrons. The molecule has 4 rings (SSSR count). The molecule has 0 spiro atoms. The van der Waals surface area contributed by atoms with Gasteiger partial charge < -0.3 is 25.4 Å². The van der Waals surface area contributed by atoms with Gasteiger partial charge in [0.2, 0.25) is 11.8 Å². The predicted molar refractivity (Wildman–Crippen MR) is 116 cm³/mol. The van der Waals surface area contributed by atoms with E-state index in [0.717, 1.165) is 22.3 Å². The molecule has 32 heavy (non-hydrogen) atoms. The molecule has 3 amide bonds. The van der Waals surface area contributed by atoms with Crippen molar-refractivity contribution in [1.29, 1.82) is 0 Å². The average molecular weight is 434 g/mol. The molecule has 2 atom stereocenters. The number of carboxylic acid groups (broad SMARTS) is 1. The summed E-state index contributed by atoms with van der Waals surface area (Å²) in [5, 5.41) is 16.1. The Labute approximate surface area is 185 Å². The van der Waals surface area contributed by atoms with Gasteiger partial charge in [-0.15, -0.1) is 0 Å². The number of rotatable bonds is 5. The van der Waals surface area contributed by atoms with E-state index in [1.165, 1.54) is 4.90 Å². The number of fused-ring (bicyclic) bond motifs is 2. The van der Waals surface area contributed by atoms with Crippen LogP contribution >= 0.6 is 0 Å². The van der Waals surface area contributed by atoms with Crippen LogP contribution in [0.15, 0.2) is 36.4 Å². The Morgan fingerprint density at radius 3 is 2.66 bits per heavy atom. The molecule has 8 heteroatoms. The first kappa shape index (κ1) is 21.5. The van der Waals surface area contributed by atoms with Gasteiger partial charge in [0.1, 0.15) is 6.04 Å². The molecule has 8 nitrogen and oxygen atoms in total. The smallest absolute Gasteiger partial charge is 0.256 e. The van der Waals surface area contributed by atoms with Crippen molar-refractivity contribution in [3.8, 4) is 11.1 Å². The molecule has 0 aromatic heterocycles. The fraction of sp³-hybridized carbons (Fsp3) is 0.333. The lowest BCUT2D eigenvalue weighted by molar-refractivity contribution is -0.305. The molecule has 2 N–H and O–H groups in total. The second-order valence-corrected chi connectivity index (χ2v) is 8.28. The number of hydrogen-bond acceptors (Lipinski definition) is 5. The van der Waals surface area contributed by atoms with Gasteiger partial charge in [-0.2, -0.15) is 0 Å². The molecule has 0 saturated carbocycles. The third-order valence-electron chi connectivity index (χ3n) is 6.25. The lowest BCUT2D eigenvalue weighted by atomic mass is 9.95. The van der Waals surface area contributed by atoms with E-state index in [-0.39, 0.29) is 18.2 Å². The number of carboxylic acids is 1. The Bertz CT molecular complexity index is 1130. The Morgan fingerprint density at radius 1 is 1.12 bits per heavy atom. The number of carbonyl (C=O) groups is 4. The zero-order valence-electron chi connectivity index (χ0n) is 17.9. The van der Waals surface area contributed by atoms with E-state index < -0.39 is 30.4 Å². The number of nitrogens with one attached hydrogen (secondary N) is 2. The van der Waals surface area contributed by atoms with Gasteiger partial charge >= 0.3 is 0 Å². The van der Waals surface area contributed by atoms with Crippen LogP contribution in [-0.2, 0) is 14.4 Å². The number of nitrogens with zero attached hydrogens (tertiary/aromatic N) is 1. The Balaban J connectivity index is 1.61. The molecule has 2 aliphatic heterocycles. The molecule has 2 aromatic carbocycles. The summed E-state index contributed by atoms with van der Waals surface area (Å²) in [6, 6.07) is 9.98. The minimum absolute atomic E-state index is 0.236. The van der Waals surface area contributed by atoms with E-state index in [1.54, 1.807) is 12.1 Å². The Morgan fingerprint density at radius 2 is 1.91 bits per heavy atom. The zero-order valence-corrected chi connectivity index (χ0v) is 17.9. The van der Waals surface area contributed by atoms with Crippen molar-refractivity contribution in [1.82, 2.24) is 10.2 Å². The van der Waals surface area contributed by atoms with Gasteiger partial charge in [0.05, 0.1) is 17.3 Å². The fourth-order valence-corrected chi connectivity index (χ4v) is 4.41. The van der Waals surface area contributed by atoms with Gasteiger partial charge in [0, 0.05) is 18.9 Å². The SMILES string of the molecule is Cc1cccc(-c2ccc3c(c2)C(=O)N2CC[C@H](NC(=O)CCC(=O)[O-])[C@H]2C(=O)N3)c1C. The normalized spacial score (nSPS) is 19.6. The van der Waals surface area contributed by atoms with E-state index in [0.29, 0.717) is 24.2 Å². The van der Waals surface area contributed by atoms with Gasteiger partial charge in [-0.3, -0.25) is 14.4 Å². The number of benzene rings is 2. The van der Waals surface area contributed by atoms with Crippen molar-refractivity contribution in [2.75, 3.05) is 11.9 Å². The maximum Gasteiger partial charge on any atom is 0.256 e. The topological polar surface area (TPSA) is 119 Å². The van der Waals surface area contributed by atoms with Crippen LogP contribution < -0.4 is 15.7 Å². The number of hydrogen-bond donors (Lipinski definition) is 2. The van der Waals surface area contributed by atoms with Gasteiger partial charge in [-0.1, -0.05) is 24.3 Å². The molecule has 0 aliphatic carbocycles. The van der Waals surface area contributed by atoms with E-state index in [1.807, 2.05) is 38.1 Å². The quantitative estimate of drug-likeness (QED) is 0.732. The van der Waals surface area contributed by atoms with E-state index in [2.05, 4.69) is 10.6 Å². The fourth-order valence-electron chi connectivity index (χ4n) is 4.41. The predicted octanol–water partition coefficient (Wildman–Crippen LogP) is 1.15. The van der Waals surface area contributed by atoms with Crippen molar-refractivity contribution >= 4 is 29.4 Å². The second-order valence-electron chi connectivity index (χ2n) is 8.28. The van der Waals surface area contributed by atoms with Gasteiger partial charge in [0.25, 0.3) is 5.91 Å². The Kier molecular flexibility index (Phi) is 5.69. The number of carbonyl (C=O) groups excluding carboxylic acids is 4. The van der Waals surface area contributed by atoms with Crippen molar-refractivity contribution in [3.63, 3.8) is 0 Å². The van der Waals surface area contributed by atoms with Crippen molar-refractivity contribution in [2.24, 2.45) is 0 Å². The number of amides is 3. The summed E-state index contributed by atoms with van der Waals surface area (Å²) in [7, 11) is 0. The van der Waals surface area contributed by atoms with E-state index in [4.69, 9.17) is 0 Å². The summed E-state index contributed by atoms with van der Waals surface area (Å²) < 4.78 is 0. The van der Waals surface area contributed by atoms with Gasteiger partial charge in [-0.25, -0.2) is 0 Å². The highest BCUT2D eigenvalue weighted by atomic mass is 16.4. The van der Waals surface area contributed by atoms with Crippen LogP contribution in [0, 0.1) is 13.8 Å². The Hall–Kier alpha value is -3.68. The first-order chi connectivity index (χ1) is 15.3.